The Balaban J connectivity index is 3.42. The van der Waals surface area contributed by atoms with Gasteiger partial charge in [0.25, 0.3) is 0 Å². The van der Waals surface area contributed by atoms with Crippen LogP contribution in [0.15, 0.2) is 0 Å². The van der Waals surface area contributed by atoms with E-state index in [9.17, 15) is 4.79 Å². The number of carbonyl (C=O) groups is 1. The number of hydrogen-bond donors (Lipinski definition) is 0. The van der Waals surface area contributed by atoms with Crippen LogP contribution < -0.4 is 0 Å². The first-order valence-corrected chi connectivity index (χ1v) is 4.21. The van der Waals surface area contributed by atoms with Crippen LogP contribution in [0.3, 0.4) is 0 Å². The smallest absolute Gasteiger partial charge is 0.245 e. The average molecular weight is 210 g/mol. The Morgan fingerprint density at radius 1 is 1.70 bits per heavy atom. The molecule has 0 saturated heterocycles. The third-order valence-corrected chi connectivity index (χ3v) is 1.71. The topological polar surface area (TPSA) is 29.5 Å². The minimum Gasteiger partial charge on any atom is -0.275 e. The van der Waals surface area contributed by atoms with Gasteiger partial charge < -0.3 is 0 Å². The van der Waals surface area contributed by atoms with Crippen LogP contribution in [0, 0.1) is 0 Å². The van der Waals surface area contributed by atoms with Gasteiger partial charge in [0.05, 0.1) is 7.11 Å². The van der Waals surface area contributed by atoms with Gasteiger partial charge in [-0.3, -0.25) is 9.63 Å². The maximum atomic E-state index is 10.9. The van der Waals surface area contributed by atoms with Gasteiger partial charge in [0.2, 0.25) is 5.91 Å². The molecule has 0 aliphatic heterocycles. The van der Waals surface area contributed by atoms with Crippen LogP contribution in [0.4, 0.5) is 0 Å². The monoisotopic (exact) mass is 209 g/mol. The van der Waals surface area contributed by atoms with Crippen molar-refractivity contribution in [3.63, 3.8) is 0 Å². The van der Waals surface area contributed by atoms with Crippen LogP contribution in [0.2, 0.25) is 0 Å². The van der Waals surface area contributed by atoms with Crippen molar-refractivity contribution >= 4 is 21.8 Å². The summed E-state index contributed by atoms with van der Waals surface area (Å²) in [5, 5.41) is 2.10. The molecule has 0 aromatic heterocycles. The number of nitrogens with zero attached hydrogens (tertiary/aromatic N) is 1. The third-order valence-electron chi connectivity index (χ3n) is 1.15. The van der Waals surface area contributed by atoms with E-state index in [1.165, 1.54) is 12.2 Å². The average Bonchev–Trinajstić information content (AvgIpc) is 1.98. The number of carbonyl (C=O) groups excluding carboxylic acids is 1. The lowest BCUT2D eigenvalue weighted by molar-refractivity contribution is -0.168. The first-order valence-electron chi connectivity index (χ1n) is 3.09. The number of alkyl halides is 1. The second kappa shape index (κ2) is 5.68. The van der Waals surface area contributed by atoms with Gasteiger partial charge in [-0.15, -0.1) is 0 Å². The highest BCUT2D eigenvalue weighted by molar-refractivity contribution is 9.09. The molecule has 0 aromatic rings. The van der Waals surface area contributed by atoms with Gasteiger partial charge in [-0.05, 0) is 6.42 Å². The summed E-state index contributed by atoms with van der Waals surface area (Å²) in [6, 6.07) is 0. The molecule has 0 heterocycles. The van der Waals surface area contributed by atoms with Crippen molar-refractivity contribution in [2.75, 3.05) is 19.5 Å². The Labute approximate surface area is 69.4 Å². The molecule has 0 saturated carbocycles. The molecule has 0 unspecified atom stereocenters. The van der Waals surface area contributed by atoms with Crippen LogP contribution in [0.1, 0.15) is 12.8 Å². The van der Waals surface area contributed by atoms with Gasteiger partial charge in [0.1, 0.15) is 0 Å². The number of hydrogen-bond acceptors (Lipinski definition) is 2. The van der Waals surface area contributed by atoms with Crippen LogP contribution in [-0.2, 0) is 9.63 Å². The normalized spacial score (nSPS) is 9.50. The number of rotatable bonds is 4. The Morgan fingerprint density at radius 2 is 2.30 bits per heavy atom. The van der Waals surface area contributed by atoms with E-state index in [1.54, 1.807) is 7.05 Å². The zero-order valence-electron chi connectivity index (χ0n) is 6.26. The summed E-state index contributed by atoms with van der Waals surface area (Å²) < 4.78 is 0. The van der Waals surface area contributed by atoms with E-state index in [4.69, 9.17) is 0 Å². The molecule has 0 rings (SSSR count). The maximum Gasteiger partial charge on any atom is 0.245 e. The number of amides is 1. The molecule has 0 atom stereocenters. The van der Waals surface area contributed by atoms with Gasteiger partial charge in [0, 0.05) is 18.8 Å². The molecule has 0 bridgehead atoms. The molecular weight excluding hydrogens is 198 g/mol. The first-order chi connectivity index (χ1) is 4.72. The van der Waals surface area contributed by atoms with Gasteiger partial charge in [-0.2, -0.15) is 0 Å². The van der Waals surface area contributed by atoms with E-state index in [0.29, 0.717) is 6.42 Å². The summed E-state index contributed by atoms with van der Waals surface area (Å²) in [7, 11) is 3.09. The molecule has 4 heteroatoms. The highest BCUT2D eigenvalue weighted by atomic mass is 79.9. The standard InChI is InChI=1S/C6H12BrNO2/c1-8(10-2)6(9)4-3-5-7/h3-5H2,1-2H3. The lowest BCUT2D eigenvalue weighted by Crippen LogP contribution is -2.24. The van der Waals surface area contributed by atoms with E-state index in [2.05, 4.69) is 20.8 Å². The predicted molar refractivity (Wildman–Crippen MR) is 42.8 cm³/mol. The molecule has 60 valence electrons. The van der Waals surface area contributed by atoms with Crippen molar-refractivity contribution < 1.29 is 9.63 Å². The zero-order chi connectivity index (χ0) is 7.98. The Morgan fingerprint density at radius 3 is 2.70 bits per heavy atom. The molecular formula is C6H12BrNO2. The second-order valence-corrected chi connectivity index (χ2v) is 2.66. The highest BCUT2D eigenvalue weighted by Crippen LogP contribution is 1.97. The second-order valence-electron chi connectivity index (χ2n) is 1.87. The lowest BCUT2D eigenvalue weighted by Gasteiger charge is -2.12. The first kappa shape index (κ1) is 9.91. The molecule has 0 aliphatic rings. The van der Waals surface area contributed by atoms with Crippen molar-refractivity contribution in [2.45, 2.75) is 12.8 Å². The van der Waals surface area contributed by atoms with Gasteiger partial charge in [0.15, 0.2) is 0 Å². The Bertz CT molecular complexity index is 108. The maximum absolute atomic E-state index is 10.9. The minimum absolute atomic E-state index is 0.0157. The van der Waals surface area contributed by atoms with Crippen molar-refractivity contribution in [1.29, 1.82) is 0 Å². The molecule has 0 aliphatic carbocycles. The van der Waals surface area contributed by atoms with Crippen molar-refractivity contribution in [2.24, 2.45) is 0 Å². The summed E-state index contributed by atoms with van der Waals surface area (Å²) in [5.74, 6) is 0.0157. The van der Waals surface area contributed by atoms with Crippen molar-refractivity contribution in [3.8, 4) is 0 Å². The summed E-state index contributed by atoms with van der Waals surface area (Å²) in [5.41, 5.74) is 0. The van der Waals surface area contributed by atoms with E-state index in [0.717, 1.165) is 11.8 Å². The predicted octanol–water partition coefficient (Wildman–Crippen LogP) is 1.18. The largest absolute Gasteiger partial charge is 0.275 e. The molecule has 0 aromatic carbocycles. The van der Waals surface area contributed by atoms with E-state index >= 15 is 0 Å². The summed E-state index contributed by atoms with van der Waals surface area (Å²) in [6.45, 7) is 0. The van der Waals surface area contributed by atoms with E-state index in [1.807, 2.05) is 0 Å². The highest BCUT2D eigenvalue weighted by Gasteiger charge is 2.05. The van der Waals surface area contributed by atoms with E-state index < -0.39 is 0 Å². The van der Waals surface area contributed by atoms with Gasteiger partial charge >= 0.3 is 0 Å². The number of hydroxylamine groups is 2. The SMILES string of the molecule is CON(C)C(=O)CCCBr. The van der Waals surface area contributed by atoms with Gasteiger partial charge in [-0.25, -0.2) is 5.06 Å². The molecule has 3 nitrogen and oxygen atoms in total. The van der Waals surface area contributed by atoms with Crippen molar-refractivity contribution in [3.05, 3.63) is 0 Å². The third kappa shape index (κ3) is 3.85. The molecule has 10 heavy (non-hydrogen) atoms. The Hall–Kier alpha value is -0.0900. The quantitative estimate of drug-likeness (QED) is 0.515. The number of halogens is 1. The van der Waals surface area contributed by atoms with Crippen LogP contribution in [0.5, 0.6) is 0 Å². The summed E-state index contributed by atoms with van der Waals surface area (Å²) in [6.07, 6.45) is 1.39. The molecule has 0 fully saturated rings. The van der Waals surface area contributed by atoms with E-state index in [-0.39, 0.29) is 5.91 Å². The fraction of sp³-hybridized carbons (Fsp3) is 0.833. The Kier molecular flexibility index (Phi) is 5.63. The molecule has 0 N–H and O–H groups in total. The van der Waals surface area contributed by atoms with Crippen LogP contribution in [-0.4, -0.2) is 30.5 Å². The fourth-order valence-electron chi connectivity index (χ4n) is 0.477. The fourth-order valence-corrected chi connectivity index (χ4v) is 0.758. The van der Waals surface area contributed by atoms with Crippen LogP contribution in [0.25, 0.3) is 0 Å². The molecule has 0 radical (unpaired) electrons. The van der Waals surface area contributed by atoms with Crippen molar-refractivity contribution in [1.82, 2.24) is 5.06 Å². The lowest BCUT2D eigenvalue weighted by atomic mass is 10.3. The molecule has 1 amide bonds. The van der Waals surface area contributed by atoms with Crippen LogP contribution >= 0.6 is 15.9 Å². The zero-order valence-corrected chi connectivity index (χ0v) is 7.85. The molecule has 0 spiro atoms. The van der Waals surface area contributed by atoms with Gasteiger partial charge in [-0.1, -0.05) is 15.9 Å². The summed E-state index contributed by atoms with van der Waals surface area (Å²) in [4.78, 5) is 15.6. The minimum atomic E-state index is 0.0157. The summed E-state index contributed by atoms with van der Waals surface area (Å²) >= 11 is 3.24.